The number of allylic oxidation sites excluding steroid dienone is 1. The molecule has 3 saturated heterocycles. The van der Waals surface area contributed by atoms with Crippen LogP contribution in [0.15, 0.2) is 128 Å². The molecule has 5 aromatic rings. The number of carbonyl (C=O) groups excluding carboxylic acids is 5. The third-order valence-electron chi connectivity index (χ3n) is 22.2. The average molecular weight is 1550 g/mol. The van der Waals surface area contributed by atoms with Crippen molar-refractivity contribution in [2.45, 2.75) is 189 Å². The normalized spacial score (nSPS) is 22.6. The highest BCUT2D eigenvalue weighted by Crippen LogP contribution is 2.79. The van der Waals surface area contributed by atoms with E-state index < -0.39 is 106 Å². The number of benzene rings is 4. The van der Waals surface area contributed by atoms with Gasteiger partial charge in [-0.05, 0) is 180 Å². The molecule has 0 spiro atoms. The van der Waals surface area contributed by atoms with Crippen LogP contribution in [0, 0.1) is 34.5 Å². The summed E-state index contributed by atoms with van der Waals surface area (Å²) >= 11 is 2.93. The number of sulfonamides is 1. The van der Waals surface area contributed by atoms with Gasteiger partial charge in [0.05, 0.1) is 38.8 Å². The van der Waals surface area contributed by atoms with Crippen LogP contribution in [0.2, 0.25) is 0 Å². The number of halogens is 5. The zero-order valence-electron chi connectivity index (χ0n) is 61.2. The van der Waals surface area contributed by atoms with E-state index in [0.717, 1.165) is 83.3 Å². The molecule has 4 heterocycles. The molecular formula is C77H99F5N10O10S4. The van der Waals surface area contributed by atoms with Crippen LogP contribution in [0.5, 0.6) is 0 Å². The van der Waals surface area contributed by atoms with Crippen LogP contribution in [0.4, 0.5) is 33.3 Å². The number of nitrogens with zero attached hydrogens (tertiary/aromatic N) is 5. The van der Waals surface area contributed by atoms with Crippen molar-refractivity contribution in [3.63, 3.8) is 0 Å². The van der Waals surface area contributed by atoms with Gasteiger partial charge in [-0.1, -0.05) is 88.2 Å². The van der Waals surface area contributed by atoms with E-state index in [0.29, 0.717) is 96.7 Å². The number of aromatic nitrogens is 1. The molecule has 4 aliphatic carbocycles. The number of anilines is 2. The van der Waals surface area contributed by atoms with Crippen LogP contribution in [0.3, 0.4) is 0 Å². The molecule has 29 heteroatoms. The van der Waals surface area contributed by atoms with Crippen LogP contribution in [-0.4, -0.2) is 179 Å². The Morgan fingerprint density at radius 1 is 0.821 bits per heavy atom. The summed E-state index contributed by atoms with van der Waals surface area (Å²) in [5, 5.41) is 22.7. The molecule has 20 nitrogen and oxygen atoms in total. The van der Waals surface area contributed by atoms with Crippen molar-refractivity contribution in [2.24, 2.45) is 27.6 Å². The average Bonchev–Trinajstić information content (AvgIpc) is 1.62. The molecule has 12 rings (SSSR count). The third kappa shape index (κ3) is 18.6. The number of hydrogen-bond acceptors (Lipinski definition) is 17. The van der Waals surface area contributed by atoms with Gasteiger partial charge >= 0.3 is 5.51 Å². The molecule has 2 bridgehead atoms. The number of piperidine rings is 1. The molecule has 1 aromatic heterocycles. The minimum Gasteiger partial charge on any atom is -0.391 e. The highest BCUT2D eigenvalue weighted by molar-refractivity contribution is 7.99. The number of alkyl halides is 5. The number of nitrogens with one attached hydrogen (secondary N) is 5. The van der Waals surface area contributed by atoms with E-state index >= 15 is 0 Å². The zero-order valence-corrected chi connectivity index (χ0v) is 64.5. The van der Waals surface area contributed by atoms with Crippen molar-refractivity contribution >= 4 is 83.9 Å². The smallest absolute Gasteiger partial charge is 0.391 e. The van der Waals surface area contributed by atoms with Gasteiger partial charge in [0.1, 0.15) is 17.0 Å². The van der Waals surface area contributed by atoms with Gasteiger partial charge in [-0.3, -0.25) is 28.9 Å². The Hall–Kier alpha value is -7.02. The van der Waals surface area contributed by atoms with Crippen LogP contribution in [-0.2, 0) is 39.0 Å². The number of β-amino-alcohol motifs (C(OH)–C–C–N with tert-alkyl or cyclic N) is 1. The first-order chi connectivity index (χ1) is 50.0. The minimum atomic E-state index is -6.20. The SMILES string of the molecule is Cc1ncsc1-c1ccc([C@H](C)NC(=O)[C@@H]2C[C@@H](O)CN2C(=O)C(NC(=O)CCCCNC(=O)C2CCN(CCC(CSc3ccccc3)Nc3ccc(S(=O)(=O)NC(=O)c4ccc(N5CCN(CC6=C(C78CC(C(F)F)(C7)C8)CC(C)(C)CC6)CC5)cc4)cc3S(=O)(=O)C(F)(F)F)CC2)C(C)(C)C)cc1. The van der Waals surface area contributed by atoms with Crippen molar-refractivity contribution in [2.75, 3.05) is 81.4 Å². The first-order valence-electron chi connectivity index (χ1n) is 36.7. The Balaban J connectivity index is 0.641. The number of thioether (sulfide) groups is 1. The van der Waals surface area contributed by atoms with Crippen molar-refractivity contribution < 1.29 is 67.9 Å². The number of unbranched alkanes of at least 4 members (excludes halogenated alkanes) is 1. The second-order valence-electron chi connectivity index (χ2n) is 31.7. The number of piperazine rings is 1. The Morgan fingerprint density at radius 2 is 1.50 bits per heavy atom. The second kappa shape index (κ2) is 32.7. The number of sulfone groups is 1. The number of carbonyl (C=O) groups is 5. The standard InChI is InChI=1S/C77H99F5N10O10S4/c1-49(51-16-18-52(19-17-51)66-50(2)84-48-104-66)85-70(97)63-39-58(93)43-92(63)71(98)67(73(3,4)5)87-65(94)15-11-12-31-83-68(95)54-27-32-89(33-28-54)34-29-56(44-103-59-13-9-8-10-14-59)86-62-25-24-60(40-64(62)105(99,100)77(80,81)82)106(101,102)88-69(96)53-20-22-57(23-21-53)91-37-35-90(36-38-91)42-55-26-30-74(6,7)41-61(55)75-45-76(46-75,47-75)72(78)79/h8-10,13-14,16-25,40,48-49,54,56,58,63,67,72,86,93H,11-12,15,26-39,41-47H2,1-7H3,(H,83,95)(H,85,97)(H,87,94)(H,88,96)/t49-,56?,58+,63-,67?,75?,76?/m0/s1. The van der Waals surface area contributed by atoms with Gasteiger partial charge in [0, 0.05) is 104 Å². The van der Waals surface area contributed by atoms with E-state index in [1.807, 2.05) is 93.9 Å². The van der Waals surface area contributed by atoms with E-state index in [2.05, 4.69) is 54.8 Å². The van der Waals surface area contributed by atoms with Gasteiger partial charge in [0.2, 0.25) is 30.1 Å². The maximum Gasteiger partial charge on any atom is 0.501 e. The molecule has 7 aliphatic rings. The lowest BCUT2D eigenvalue weighted by molar-refractivity contribution is -0.250. The first kappa shape index (κ1) is 80.0. The maximum atomic E-state index is 14.6. The number of aryl methyl sites for hydroxylation is 1. The van der Waals surface area contributed by atoms with Crippen molar-refractivity contribution in [1.82, 2.24) is 40.4 Å². The van der Waals surface area contributed by atoms with Crippen molar-refractivity contribution in [3.05, 3.63) is 131 Å². The summed E-state index contributed by atoms with van der Waals surface area (Å²) in [7, 11) is -11.2. The van der Waals surface area contributed by atoms with Crippen LogP contribution in [0.25, 0.3) is 10.4 Å². The number of hydrogen-bond donors (Lipinski definition) is 6. The van der Waals surface area contributed by atoms with E-state index in [9.17, 15) is 67.9 Å². The molecular weight excluding hydrogens is 1450 g/mol. The molecule has 5 atom stereocenters. The summed E-state index contributed by atoms with van der Waals surface area (Å²) < 4.78 is 128. The number of aliphatic hydroxyl groups is 1. The van der Waals surface area contributed by atoms with Gasteiger partial charge < -0.3 is 41.1 Å². The lowest BCUT2D eigenvalue weighted by Crippen LogP contribution is -2.66. The summed E-state index contributed by atoms with van der Waals surface area (Å²) in [6.45, 7) is 19.0. The maximum absolute atomic E-state index is 14.6. The zero-order chi connectivity index (χ0) is 76.3. The van der Waals surface area contributed by atoms with E-state index in [-0.39, 0.29) is 59.3 Å². The summed E-state index contributed by atoms with van der Waals surface area (Å²) in [4.78, 5) is 80.6. The van der Waals surface area contributed by atoms with Crippen molar-refractivity contribution in [1.29, 1.82) is 0 Å². The molecule has 2 unspecified atom stereocenters. The molecule has 5 amide bonds. The quantitative estimate of drug-likeness (QED) is 0.0113. The number of amides is 5. The molecule has 106 heavy (non-hydrogen) atoms. The topological polar surface area (TPSA) is 260 Å². The first-order valence-corrected chi connectivity index (χ1v) is 41.5. The summed E-state index contributed by atoms with van der Waals surface area (Å²) in [6, 6.07) is 22.5. The highest BCUT2D eigenvalue weighted by atomic mass is 32.2. The van der Waals surface area contributed by atoms with E-state index in [1.165, 1.54) is 39.9 Å². The molecule has 4 aromatic carbocycles. The number of likely N-dealkylation sites (tertiary alicyclic amines) is 2. The van der Waals surface area contributed by atoms with E-state index in [1.54, 1.807) is 29.0 Å². The van der Waals surface area contributed by atoms with E-state index in [4.69, 9.17) is 0 Å². The van der Waals surface area contributed by atoms with Crippen molar-refractivity contribution in [3.8, 4) is 10.4 Å². The van der Waals surface area contributed by atoms with Crippen LogP contribution >= 0.6 is 23.1 Å². The summed E-state index contributed by atoms with van der Waals surface area (Å²) in [5.41, 5.74) is 0.254. The molecule has 0 radical (unpaired) electrons. The predicted molar refractivity (Wildman–Crippen MR) is 400 cm³/mol. The fourth-order valence-corrected chi connectivity index (χ4v) is 19.9. The monoisotopic (exact) mass is 1550 g/mol. The van der Waals surface area contributed by atoms with Gasteiger partial charge in [-0.2, -0.15) is 13.2 Å². The van der Waals surface area contributed by atoms with Gasteiger partial charge in [0.25, 0.3) is 25.8 Å². The highest BCUT2D eigenvalue weighted by Gasteiger charge is 2.73. The minimum absolute atomic E-state index is 0.0403. The molecule has 6 N–H and O–H groups in total. The third-order valence-corrected chi connectivity index (χ3v) is 27.2. The summed E-state index contributed by atoms with van der Waals surface area (Å²) in [5.74, 6) is -2.59. The largest absolute Gasteiger partial charge is 0.501 e. The lowest BCUT2D eigenvalue weighted by Gasteiger charge is -2.72. The van der Waals surface area contributed by atoms with Gasteiger partial charge in [0.15, 0.2) is 0 Å². The fraction of sp³-hybridized carbons (Fsp3) is 0.558. The number of rotatable bonds is 29. The van der Waals surface area contributed by atoms with Gasteiger partial charge in [-0.25, -0.2) is 35.3 Å². The Kier molecular flexibility index (Phi) is 24.6. The Labute approximate surface area is 627 Å². The number of thiazole rings is 1. The Bertz CT molecular complexity index is 4240. The molecule has 3 saturated carbocycles. The Morgan fingerprint density at radius 3 is 2.13 bits per heavy atom. The fourth-order valence-electron chi connectivity index (χ4n) is 16.0. The number of aliphatic hydroxyl groups excluding tert-OH is 1. The molecule has 6 fully saturated rings. The molecule has 3 aliphatic heterocycles. The predicted octanol–water partition coefficient (Wildman–Crippen LogP) is 11.9. The lowest BCUT2D eigenvalue weighted by atomic mass is 9.32. The molecule has 576 valence electrons. The summed E-state index contributed by atoms with van der Waals surface area (Å²) in [6.07, 6.45) is 3.69. The van der Waals surface area contributed by atoms with Gasteiger partial charge in [-0.15, -0.1) is 23.1 Å². The van der Waals surface area contributed by atoms with Crippen LogP contribution in [0.1, 0.15) is 153 Å². The van der Waals surface area contributed by atoms with Crippen LogP contribution < -0.4 is 30.9 Å². The second-order valence-corrected chi connectivity index (χ2v) is 37.3.